The van der Waals surface area contributed by atoms with Crippen molar-refractivity contribution in [1.82, 2.24) is 31.1 Å². The van der Waals surface area contributed by atoms with Gasteiger partial charge in [-0.2, -0.15) is 0 Å². The predicted octanol–water partition coefficient (Wildman–Crippen LogP) is 1.57. The Balaban J connectivity index is 0.000000355. The summed E-state index contributed by atoms with van der Waals surface area (Å²) in [4.78, 5) is 74.0. The van der Waals surface area contributed by atoms with Crippen molar-refractivity contribution in [3.63, 3.8) is 0 Å². The average molecular weight is 689 g/mol. The van der Waals surface area contributed by atoms with E-state index >= 15 is 0 Å². The third kappa shape index (κ3) is 16.3. The minimum Gasteiger partial charge on any atom is -0.481 e. The maximum atomic E-state index is 12.3. The van der Waals surface area contributed by atoms with E-state index in [-0.39, 0.29) is 93.6 Å². The lowest BCUT2D eigenvalue weighted by molar-refractivity contribution is -0.145. The number of carbonyl (C=O) groups excluding carboxylic acids is 5. The third-order valence-corrected chi connectivity index (χ3v) is 8.38. The molecule has 5 N–H and O–H groups in total. The van der Waals surface area contributed by atoms with Crippen molar-refractivity contribution in [1.29, 1.82) is 0 Å². The number of hydrogen-bond acceptors (Lipinski definition) is 9. The molecule has 2 heterocycles. The van der Waals surface area contributed by atoms with E-state index in [4.69, 9.17) is 9.84 Å². The minimum atomic E-state index is -0.946. The van der Waals surface area contributed by atoms with Crippen LogP contribution in [0.3, 0.4) is 0 Å². The lowest BCUT2D eigenvalue weighted by Crippen LogP contribution is -2.46. The number of nitrogens with one attached hydrogen (secondary N) is 4. The van der Waals surface area contributed by atoms with Gasteiger partial charge in [-0.15, -0.1) is 0 Å². The predicted molar refractivity (Wildman–Crippen MR) is 184 cm³/mol. The van der Waals surface area contributed by atoms with Crippen LogP contribution in [0.25, 0.3) is 0 Å². The quantitative estimate of drug-likeness (QED) is 0.142. The molecule has 0 radical (unpaired) electrons. The molecule has 0 aromatic heterocycles. The Labute approximate surface area is 290 Å². The average Bonchev–Trinajstić information content (AvgIpc) is 3.76. The number of benzene rings is 1. The van der Waals surface area contributed by atoms with Gasteiger partial charge in [-0.05, 0) is 72.0 Å². The number of nitrogens with zero attached hydrogens (tertiary/aromatic N) is 2. The second-order valence-electron chi connectivity index (χ2n) is 12.8. The fourth-order valence-electron chi connectivity index (χ4n) is 5.81. The highest BCUT2D eigenvalue weighted by Gasteiger charge is 2.33. The number of esters is 1. The van der Waals surface area contributed by atoms with Crippen LogP contribution >= 0.6 is 0 Å². The molecule has 0 bridgehead atoms. The maximum absolute atomic E-state index is 12.3. The first-order chi connectivity index (χ1) is 23.4. The zero-order chi connectivity index (χ0) is 36.2. The fourth-order valence-corrected chi connectivity index (χ4v) is 5.81. The van der Waals surface area contributed by atoms with Crippen LogP contribution < -0.4 is 21.3 Å². The molecule has 1 aromatic rings. The molecule has 49 heavy (non-hydrogen) atoms. The summed E-state index contributed by atoms with van der Waals surface area (Å²) in [6.45, 7) is 11.3. The number of amides is 4. The summed E-state index contributed by atoms with van der Waals surface area (Å²) >= 11 is 0. The van der Waals surface area contributed by atoms with Crippen molar-refractivity contribution >= 4 is 35.6 Å². The molecule has 2 atom stereocenters. The van der Waals surface area contributed by atoms with Crippen LogP contribution in [-0.4, -0.2) is 114 Å². The zero-order valence-corrected chi connectivity index (χ0v) is 29.5. The van der Waals surface area contributed by atoms with Crippen molar-refractivity contribution in [2.45, 2.75) is 110 Å². The van der Waals surface area contributed by atoms with Gasteiger partial charge in [-0.3, -0.25) is 38.6 Å². The van der Waals surface area contributed by atoms with E-state index in [2.05, 4.69) is 58.8 Å². The van der Waals surface area contributed by atoms with Crippen molar-refractivity contribution in [3.05, 3.63) is 35.9 Å². The molecule has 0 saturated carbocycles. The molecule has 4 amide bonds. The lowest BCUT2D eigenvalue weighted by atomic mass is 10.2. The van der Waals surface area contributed by atoms with E-state index in [0.29, 0.717) is 18.6 Å². The van der Waals surface area contributed by atoms with Gasteiger partial charge in [-0.25, -0.2) is 0 Å². The first-order valence-corrected chi connectivity index (χ1v) is 17.4. The molecular weight excluding hydrogens is 632 g/mol. The molecule has 3 rings (SSSR count). The molecule has 14 nitrogen and oxygen atoms in total. The van der Waals surface area contributed by atoms with Gasteiger partial charge in [0.05, 0.1) is 24.9 Å². The molecule has 2 aliphatic rings. The smallest absolute Gasteiger partial charge is 0.307 e. The summed E-state index contributed by atoms with van der Waals surface area (Å²) in [6, 6.07) is 9.92. The fraction of sp³-hybridized carbons (Fsp3) is 0.657. The second-order valence-corrected chi connectivity index (χ2v) is 12.8. The van der Waals surface area contributed by atoms with Crippen molar-refractivity contribution < 1.29 is 38.6 Å². The van der Waals surface area contributed by atoms with Crippen LogP contribution in [0, 0.1) is 0 Å². The van der Waals surface area contributed by atoms with Crippen molar-refractivity contribution in [2.24, 2.45) is 0 Å². The topological polar surface area (TPSA) is 186 Å². The molecule has 0 spiro atoms. The number of carboxylic acids is 1. The molecule has 2 saturated heterocycles. The molecule has 2 unspecified atom stereocenters. The van der Waals surface area contributed by atoms with Crippen LogP contribution in [0.15, 0.2) is 30.3 Å². The number of carbonyl (C=O) groups is 6. The standard InChI is InChI=1S/C21H31N3O4.C14H25N3O4/c1-16(2)24-14-6-9-18(24)21(27)23-12-10-19(25)22-13-11-20(26)28-15-17-7-4-3-5-8-17;1-10(2)17-9-3-4-11(17)14(21)16-7-5-12(18)15-8-6-13(19)20/h3-5,7-8,16,18H,6,9-15H2,1-2H3,(H,22,25)(H,23,27);10-11H,3-9H2,1-2H3,(H,15,18)(H,16,21)(H,19,20). The van der Waals surface area contributed by atoms with Crippen molar-refractivity contribution in [3.8, 4) is 0 Å². The van der Waals surface area contributed by atoms with Gasteiger partial charge in [0.1, 0.15) is 6.61 Å². The Morgan fingerprint density at radius 1 is 0.694 bits per heavy atom. The van der Waals surface area contributed by atoms with Crippen LogP contribution in [0.2, 0.25) is 0 Å². The van der Waals surface area contributed by atoms with Crippen LogP contribution in [0.5, 0.6) is 0 Å². The highest BCUT2D eigenvalue weighted by molar-refractivity contribution is 5.84. The summed E-state index contributed by atoms with van der Waals surface area (Å²) in [5.41, 5.74) is 0.925. The first-order valence-electron chi connectivity index (χ1n) is 17.4. The van der Waals surface area contributed by atoms with Gasteiger partial charge in [-0.1, -0.05) is 30.3 Å². The van der Waals surface area contributed by atoms with E-state index in [1.807, 2.05) is 30.3 Å². The Morgan fingerprint density at radius 2 is 1.14 bits per heavy atom. The summed E-state index contributed by atoms with van der Waals surface area (Å²) < 4.78 is 5.16. The number of ether oxygens (including phenoxy) is 1. The summed E-state index contributed by atoms with van der Waals surface area (Å²) in [6.07, 6.45) is 4.15. The van der Waals surface area contributed by atoms with Gasteiger partial charge < -0.3 is 31.1 Å². The molecule has 274 valence electrons. The maximum Gasteiger partial charge on any atom is 0.307 e. The van der Waals surface area contributed by atoms with Gasteiger partial charge in [0.2, 0.25) is 23.6 Å². The molecule has 2 fully saturated rings. The van der Waals surface area contributed by atoms with Crippen LogP contribution in [0.1, 0.15) is 84.6 Å². The Kier molecular flexibility index (Phi) is 18.9. The van der Waals surface area contributed by atoms with Crippen LogP contribution in [0.4, 0.5) is 0 Å². The van der Waals surface area contributed by atoms with E-state index in [9.17, 15) is 28.8 Å². The molecule has 0 aliphatic carbocycles. The number of carboxylic acid groups (broad SMARTS) is 1. The molecule has 1 aromatic carbocycles. The van der Waals surface area contributed by atoms with Crippen LogP contribution in [-0.2, 0) is 40.1 Å². The van der Waals surface area contributed by atoms with E-state index in [1.165, 1.54) is 0 Å². The van der Waals surface area contributed by atoms with E-state index in [1.54, 1.807) is 0 Å². The second kappa shape index (κ2) is 22.6. The molecular formula is C35H56N6O8. The van der Waals surface area contributed by atoms with Gasteiger partial charge in [0.25, 0.3) is 0 Å². The minimum absolute atomic E-state index is 0.0107. The Morgan fingerprint density at radius 3 is 1.59 bits per heavy atom. The number of rotatable bonds is 18. The Bertz CT molecular complexity index is 1210. The highest BCUT2D eigenvalue weighted by Crippen LogP contribution is 2.20. The molecule has 2 aliphatic heterocycles. The number of likely N-dealkylation sites (tertiary alicyclic amines) is 2. The van der Waals surface area contributed by atoms with Gasteiger partial charge >= 0.3 is 11.9 Å². The lowest BCUT2D eigenvalue weighted by Gasteiger charge is -2.27. The zero-order valence-electron chi connectivity index (χ0n) is 29.5. The molecule has 14 heteroatoms. The highest BCUT2D eigenvalue weighted by atomic mass is 16.5. The largest absolute Gasteiger partial charge is 0.481 e. The summed E-state index contributed by atoms with van der Waals surface area (Å²) in [7, 11) is 0. The first kappa shape index (κ1) is 41.1. The monoisotopic (exact) mass is 688 g/mol. The van der Waals surface area contributed by atoms with Crippen molar-refractivity contribution in [2.75, 3.05) is 39.3 Å². The van der Waals surface area contributed by atoms with Gasteiger partial charge in [0, 0.05) is 51.1 Å². The van der Waals surface area contributed by atoms with Gasteiger partial charge in [0.15, 0.2) is 0 Å². The number of aliphatic carboxylic acids is 1. The summed E-state index contributed by atoms with van der Waals surface area (Å²) in [5, 5.41) is 19.3. The van der Waals surface area contributed by atoms with E-state index < -0.39 is 5.97 Å². The SMILES string of the molecule is CC(C)N1CCCC1C(=O)NCCC(=O)NCCC(=O)O.CC(C)N1CCCC1C(=O)NCCC(=O)NCCC(=O)OCc1ccccc1. The summed E-state index contributed by atoms with van der Waals surface area (Å²) in [5.74, 6) is -1.78. The number of hydrogen-bond donors (Lipinski definition) is 5. The third-order valence-electron chi connectivity index (χ3n) is 8.38. The van der Waals surface area contributed by atoms with E-state index in [0.717, 1.165) is 44.3 Å². The normalized spacial score (nSPS) is 17.6. The Hall–Kier alpha value is -4.04.